The minimum atomic E-state index is -3.78. The minimum absolute atomic E-state index is 0.0981. The van der Waals surface area contributed by atoms with Gasteiger partial charge in [-0.15, -0.1) is 0 Å². The molecular weight excluding hydrogens is 319 g/mol. The molecule has 128 valence electrons. The molecule has 0 radical (unpaired) electrons. The first-order valence-electron chi connectivity index (χ1n) is 7.75. The first kappa shape index (κ1) is 18.1. The molecule has 0 N–H and O–H groups in total. The van der Waals surface area contributed by atoms with Crippen molar-refractivity contribution in [1.82, 2.24) is 0 Å². The summed E-state index contributed by atoms with van der Waals surface area (Å²) >= 11 is 0. The fraction of sp³-hybridized carbons (Fsp3) is 0.562. The number of rotatable bonds is 9. The summed E-state index contributed by atoms with van der Waals surface area (Å²) in [7, 11) is -2.49. The number of esters is 1. The number of carbonyl (C=O) groups is 1. The van der Waals surface area contributed by atoms with Gasteiger partial charge in [0.15, 0.2) is 6.10 Å². The second kappa shape index (κ2) is 8.06. The molecular formula is C16H23O6P. The van der Waals surface area contributed by atoms with Crippen molar-refractivity contribution in [2.24, 2.45) is 5.92 Å². The third-order valence-electron chi connectivity index (χ3n) is 3.71. The van der Waals surface area contributed by atoms with Crippen LogP contribution in [0.2, 0.25) is 0 Å². The first-order valence-corrected chi connectivity index (χ1v) is 9.21. The van der Waals surface area contributed by atoms with E-state index in [0.717, 1.165) is 12.0 Å². The Morgan fingerprint density at radius 3 is 2.35 bits per heavy atom. The lowest BCUT2D eigenvalue weighted by Gasteiger charge is -2.22. The van der Waals surface area contributed by atoms with Gasteiger partial charge in [-0.25, -0.2) is 9.36 Å². The number of benzene rings is 1. The maximum Gasteiger partial charge on any atom is 0.475 e. The van der Waals surface area contributed by atoms with Crippen LogP contribution in [0.5, 0.6) is 0 Å². The normalized spacial score (nSPS) is 21.7. The van der Waals surface area contributed by atoms with E-state index >= 15 is 0 Å². The molecule has 0 saturated heterocycles. The molecule has 23 heavy (non-hydrogen) atoms. The van der Waals surface area contributed by atoms with Gasteiger partial charge in [0.25, 0.3) is 0 Å². The Morgan fingerprint density at radius 2 is 1.83 bits per heavy atom. The highest BCUT2D eigenvalue weighted by atomic mass is 31.2. The summed E-state index contributed by atoms with van der Waals surface area (Å²) in [6, 6.07) is 9.84. The van der Waals surface area contributed by atoms with Crippen LogP contribution in [0.1, 0.15) is 31.7 Å². The van der Waals surface area contributed by atoms with Crippen LogP contribution in [0.15, 0.2) is 30.3 Å². The average Bonchev–Trinajstić information content (AvgIpc) is 3.34. The van der Waals surface area contributed by atoms with E-state index in [0.29, 0.717) is 0 Å². The molecule has 1 aliphatic rings. The van der Waals surface area contributed by atoms with E-state index in [1.165, 1.54) is 7.11 Å². The van der Waals surface area contributed by atoms with E-state index in [1.54, 1.807) is 13.8 Å². The quantitative estimate of drug-likeness (QED) is 0.505. The van der Waals surface area contributed by atoms with E-state index in [-0.39, 0.29) is 25.0 Å². The lowest BCUT2D eigenvalue weighted by atomic mass is 10.1. The zero-order chi connectivity index (χ0) is 16.9. The van der Waals surface area contributed by atoms with Crippen molar-refractivity contribution in [3.63, 3.8) is 0 Å². The molecule has 2 rings (SSSR count). The minimum Gasteiger partial charge on any atom is -0.467 e. The summed E-state index contributed by atoms with van der Waals surface area (Å²) in [5.74, 6) is -0.482. The molecule has 0 bridgehead atoms. The predicted molar refractivity (Wildman–Crippen MR) is 85.0 cm³/mol. The third kappa shape index (κ3) is 4.64. The van der Waals surface area contributed by atoms with Gasteiger partial charge in [0, 0.05) is 5.92 Å². The molecule has 1 saturated carbocycles. The number of phosphoric acid groups is 1. The summed E-state index contributed by atoms with van der Waals surface area (Å²) in [5, 5.41) is 0. The molecule has 1 fully saturated rings. The number of carbonyl (C=O) groups excluding carboxylic acids is 1. The Morgan fingerprint density at radius 1 is 1.22 bits per heavy atom. The van der Waals surface area contributed by atoms with Crippen LogP contribution in [0.3, 0.4) is 0 Å². The van der Waals surface area contributed by atoms with Crippen LogP contribution >= 0.6 is 7.82 Å². The summed E-state index contributed by atoms with van der Waals surface area (Å²) in [4.78, 5) is 12.1. The highest BCUT2D eigenvalue weighted by Crippen LogP contribution is 2.57. The maximum atomic E-state index is 12.5. The molecule has 1 unspecified atom stereocenters. The second-order valence-corrected chi connectivity index (χ2v) is 6.87. The highest BCUT2D eigenvalue weighted by Gasteiger charge is 2.51. The van der Waals surface area contributed by atoms with Crippen LogP contribution in [0.4, 0.5) is 0 Å². The van der Waals surface area contributed by atoms with E-state index in [1.807, 2.05) is 30.3 Å². The Balaban J connectivity index is 2.13. The Labute approximate surface area is 136 Å². The maximum absolute atomic E-state index is 12.5. The van der Waals surface area contributed by atoms with Gasteiger partial charge in [-0.3, -0.25) is 13.6 Å². The number of hydrogen-bond donors (Lipinski definition) is 0. The van der Waals surface area contributed by atoms with Gasteiger partial charge in [-0.05, 0) is 31.7 Å². The fourth-order valence-corrected chi connectivity index (χ4v) is 3.95. The van der Waals surface area contributed by atoms with Crippen molar-refractivity contribution in [2.75, 3.05) is 20.3 Å². The lowest BCUT2D eigenvalue weighted by Crippen LogP contribution is -2.28. The molecule has 1 aliphatic carbocycles. The first-order chi connectivity index (χ1) is 11.0. The molecule has 0 aliphatic heterocycles. The summed E-state index contributed by atoms with van der Waals surface area (Å²) < 4.78 is 33.1. The van der Waals surface area contributed by atoms with Gasteiger partial charge in [0.05, 0.1) is 20.3 Å². The standard InChI is InChI=1S/C16H23O6P/c1-4-20-23(18,21-5-2)22-15(16(17)19-3)14-11-13(14)12-9-7-6-8-10-12/h6-10,13-15H,4-5,11H2,1-3H3/t13-,14+,15?/m1/s1. The van der Waals surface area contributed by atoms with E-state index in [4.69, 9.17) is 18.3 Å². The zero-order valence-corrected chi connectivity index (χ0v) is 14.5. The number of phosphoric ester groups is 1. The Kier molecular flexibility index (Phi) is 6.36. The van der Waals surface area contributed by atoms with Crippen molar-refractivity contribution >= 4 is 13.8 Å². The largest absolute Gasteiger partial charge is 0.475 e. The molecule has 7 heteroatoms. The summed E-state index contributed by atoms with van der Waals surface area (Å²) in [5.41, 5.74) is 1.12. The molecule has 0 heterocycles. The zero-order valence-electron chi connectivity index (χ0n) is 13.6. The molecule has 0 amide bonds. The molecule has 1 aromatic carbocycles. The van der Waals surface area contributed by atoms with Crippen molar-refractivity contribution in [3.8, 4) is 0 Å². The van der Waals surface area contributed by atoms with Crippen molar-refractivity contribution in [2.45, 2.75) is 32.3 Å². The monoisotopic (exact) mass is 342 g/mol. The molecule has 1 aromatic rings. The van der Waals surface area contributed by atoms with Crippen molar-refractivity contribution in [3.05, 3.63) is 35.9 Å². The van der Waals surface area contributed by atoms with Crippen LogP contribution in [-0.2, 0) is 27.7 Å². The summed E-state index contributed by atoms with van der Waals surface area (Å²) in [6.07, 6.45) is -0.198. The van der Waals surface area contributed by atoms with Gasteiger partial charge in [-0.2, -0.15) is 0 Å². The number of methoxy groups -OCH3 is 1. The average molecular weight is 342 g/mol. The van der Waals surface area contributed by atoms with E-state index in [9.17, 15) is 9.36 Å². The second-order valence-electron chi connectivity index (χ2n) is 5.25. The van der Waals surface area contributed by atoms with Crippen LogP contribution < -0.4 is 0 Å². The van der Waals surface area contributed by atoms with Gasteiger partial charge in [0.2, 0.25) is 0 Å². The third-order valence-corrected chi connectivity index (χ3v) is 5.34. The summed E-state index contributed by atoms with van der Waals surface area (Å²) in [6.45, 7) is 3.70. The van der Waals surface area contributed by atoms with E-state index in [2.05, 4.69) is 0 Å². The topological polar surface area (TPSA) is 71.1 Å². The van der Waals surface area contributed by atoms with Crippen molar-refractivity contribution < 1.29 is 27.7 Å². The SMILES string of the molecule is CCOP(=O)(OCC)OC(C(=O)OC)[C@H]1C[C@@H]1c1ccccc1. The van der Waals surface area contributed by atoms with Crippen LogP contribution in [0, 0.1) is 5.92 Å². The molecule has 3 atom stereocenters. The molecule has 0 aromatic heterocycles. The lowest BCUT2D eigenvalue weighted by molar-refractivity contribution is -0.151. The van der Waals surface area contributed by atoms with Gasteiger partial charge in [-0.1, -0.05) is 30.3 Å². The Hall–Kier alpha value is -1.20. The van der Waals surface area contributed by atoms with Crippen LogP contribution in [-0.4, -0.2) is 32.4 Å². The fourth-order valence-electron chi connectivity index (χ4n) is 2.60. The smallest absolute Gasteiger partial charge is 0.467 e. The predicted octanol–water partition coefficient (Wildman–Crippen LogP) is 3.53. The van der Waals surface area contributed by atoms with E-state index < -0.39 is 19.9 Å². The Bertz CT molecular complexity index is 551. The number of hydrogen-bond acceptors (Lipinski definition) is 6. The molecule has 6 nitrogen and oxygen atoms in total. The number of ether oxygens (including phenoxy) is 1. The van der Waals surface area contributed by atoms with Gasteiger partial charge in [0.1, 0.15) is 0 Å². The molecule has 0 spiro atoms. The van der Waals surface area contributed by atoms with Gasteiger partial charge < -0.3 is 4.74 Å². The highest BCUT2D eigenvalue weighted by molar-refractivity contribution is 7.48. The van der Waals surface area contributed by atoms with Crippen LogP contribution in [0.25, 0.3) is 0 Å². The van der Waals surface area contributed by atoms with Gasteiger partial charge >= 0.3 is 13.8 Å². The van der Waals surface area contributed by atoms with Crippen molar-refractivity contribution in [1.29, 1.82) is 0 Å².